The summed E-state index contributed by atoms with van der Waals surface area (Å²) >= 11 is 0. The molecule has 3 aliphatic carbocycles. The van der Waals surface area contributed by atoms with Crippen LogP contribution >= 0.6 is 0 Å². The van der Waals surface area contributed by atoms with Gasteiger partial charge in [0.25, 0.3) is 0 Å². The third-order valence-electron chi connectivity index (χ3n) is 13.6. The number of para-hydroxylation sites is 2. The number of hydrogen-bond acceptors (Lipinski definition) is 3. The lowest BCUT2D eigenvalue weighted by molar-refractivity contribution is 0.334. The van der Waals surface area contributed by atoms with E-state index >= 15 is 0 Å². The number of rotatable bonds is 10. The van der Waals surface area contributed by atoms with Crippen LogP contribution in [-0.2, 0) is 17.7 Å². The first-order chi connectivity index (χ1) is 41.0. The maximum Gasteiger partial charge on any atom is 0.232 e. The lowest BCUT2D eigenvalue weighted by atomic mass is 9.99. The molecule has 83 heavy (non-hydrogen) atoms. The van der Waals surface area contributed by atoms with Crippen LogP contribution in [-0.4, -0.2) is 33.4 Å². The molecular weight excluding hydrogens is 1010 g/mol. The molecule has 5 aromatic rings. The third-order valence-corrected chi connectivity index (χ3v) is 13.6. The highest BCUT2D eigenvalue weighted by atomic mass is 16.5. The number of ether oxygens (including phenoxy) is 1. The minimum atomic E-state index is 0.387. The Balaban J connectivity index is 0.00000133. The Morgan fingerprint density at radius 1 is 0.711 bits per heavy atom. The van der Waals surface area contributed by atoms with Crippen LogP contribution in [0.3, 0.4) is 0 Å². The minimum absolute atomic E-state index is 0.387. The molecule has 0 amide bonds. The number of aliphatic imine (C=N–C) groups is 4. The maximum absolute atomic E-state index is 6.17. The molecule has 0 fully saturated rings. The second-order valence-corrected chi connectivity index (χ2v) is 18.4. The van der Waals surface area contributed by atoms with Gasteiger partial charge in [0, 0.05) is 34.0 Å². The van der Waals surface area contributed by atoms with Gasteiger partial charge in [0.05, 0.1) is 29.0 Å². The number of amidine groups is 1. The lowest BCUT2D eigenvalue weighted by Gasteiger charge is -2.12. The molecule has 10 rings (SSSR count). The summed E-state index contributed by atoms with van der Waals surface area (Å²) in [4.78, 5) is 20.8. The van der Waals surface area contributed by atoms with Crippen molar-refractivity contribution in [1.82, 2.24) is 9.13 Å². The molecule has 0 radical (unpaired) electrons. The molecule has 0 saturated heterocycles. The quantitative estimate of drug-likeness (QED) is 0.0595. The number of aromatic nitrogens is 2. The summed E-state index contributed by atoms with van der Waals surface area (Å²) in [5.41, 5.74) is 14.9. The van der Waals surface area contributed by atoms with E-state index in [4.69, 9.17) is 19.7 Å². The summed E-state index contributed by atoms with van der Waals surface area (Å²) in [6.07, 6.45) is 62.1. The van der Waals surface area contributed by atoms with Gasteiger partial charge in [-0.25, -0.2) is 15.0 Å². The summed E-state index contributed by atoms with van der Waals surface area (Å²) in [5, 5.41) is 2.22. The number of allylic oxidation sites excluding steroid dienone is 27. The van der Waals surface area contributed by atoms with Gasteiger partial charge in [0.2, 0.25) is 5.96 Å². The zero-order chi connectivity index (χ0) is 59.5. The standard InChI is InChI=1S/C68H60N6O.3C2H6.C2H2/c1-6-25-63-51(8-3)42-43-54(41-40-48(4)75-63)58-34-19-22-39-65(71-58)73-59-35-20-17-32-56(59)66-61(73)37-24-38-62-67(66)57-33-18-21-36-60(57)74(62)68(70-47-49-26-23-31-55(46-49)53-29-15-11-12-16-30-53)72-64(69-5)45-44-50(7-2)52-27-13-9-10-14-28-52;4*1-2/h6-11,13-21,23-27,29-37,39-41,43-46H,3-5,12,22,28,38,42,47H2,1-2H3;3*1-2H3;1-2H/b25-6-,41-40-,45-44+,50-7+,54-43+,63-51-,70-68?,72-64-;;;;. The zero-order valence-electron chi connectivity index (χ0n) is 49.9. The van der Waals surface area contributed by atoms with Crippen molar-refractivity contribution in [3.63, 3.8) is 0 Å². The van der Waals surface area contributed by atoms with Crippen molar-refractivity contribution >= 4 is 63.5 Å². The van der Waals surface area contributed by atoms with E-state index < -0.39 is 0 Å². The largest absolute Gasteiger partial charge is 0.458 e. The Hall–Kier alpha value is -9.64. The molecule has 2 aliphatic heterocycles. The van der Waals surface area contributed by atoms with E-state index in [0.717, 1.165) is 108 Å². The van der Waals surface area contributed by atoms with Crippen LogP contribution < -0.4 is 0 Å². The predicted octanol–water partition coefficient (Wildman–Crippen LogP) is 20.1. The number of benzene rings is 3. The molecule has 0 spiro atoms. The second-order valence-electron chi connectivity index (χ2n) is 18.4. The van der Waals surface area contributed by atoms with Crippen molar-refractivity contribution in [2.75, 3.05) is 0 Å². The molecule has 7 heteroatoms. The molecule has 420 valence electrons. The fourth-order valence-electron chi connectivity index (χ4n) is 10.1. The molecular formula is C76H80N6O. The van der Waals surface area contributed by atoms with Crippen molar-refractivity contribution < 1.29 is 4.74 Å². The van der Waals surface area contributed by atoms with Gasteiger partial charge in [0.15, 0.2) is 5.84 Å². The first-order valence-electron chi connectivity index (χ1n) is 29.0. The van der Waals surface area contributed by atoms with Gasteiger partial charge >= 0.3 is 0 Å². The van der Waals surface area contributed by atoms with Crippen LogP contribution in [0.15, 0.2) is 279 Å². The van der Waals surface area contributed by atoms with E-state index in [1.54, 1.807) is 0 Å². The predicted molar refractivity (Wildman–Crippen MR) is 364 cm³/mol. The van der Waals surface area contributed by atoms with Gasteiger partial charge in [-0.05, 0) is 146 Å². The van der Waals surface area contributed by atoms with Crippen LogP contribution in [0.1, 0.15) is 104 Å². The zero-order valence-corrected chi connectivity index (χ0v) is 49.9. The molecule has 5 aliphatic rings. The smallest absolute Gasteiger partial charge is 0.232 e. The van der Waals surface area contributed by atoms with Crippen LogP contribution in [0.25, 0.3) is 50.4 Å². The molecule has 0 saturated carbocycles. The SMILES string of the molecule is C#C.C=C/C1=C(\C=C/C)OC(=C)/C=C\C(C2=NC(n3c4c(c5ccccc53)-c3c(n(C(=NCc5cccc(C6=CC=CCC=C6)c5)/N=C(/C=C/C(=C\C)C5=CC=CC=CC5)N=C)c5ccccc35)CC=C4)=CCC=C2)=C/C1.CC.CC.CC. The Morgan fingerprint density at radius 3 is 2.23 bits per heavy atom. The van der Waals surface area contributed by atoms with E-state index in [1.807, 2.05) is 84.9 Å². The van der Waals surface area contributed by atoms with E-state index in [9.17, 15) is 0 Å². The Bertz CT molecular complexity index is 3790. The fourth-order valence-corrected chi connectivity index (χ4v) is 10.1. The normalized spacial score (nSPS) is 17.8. The highest BCUT2D eigenvalue weighted by Crippen LogP contribution is 2.46. The molecule has 0 N–H and O–H groups in total. The topological polar surface area (TPSA) is 68.5 Å². The average molecular weight is 1090 g/mol. The molecule has 4 heterocycles. The van der Waals surface area contributed by atoms with E-state index in [2.05, 4.69) is 236 Å². The molecule has 0 unspecified atom stereocenters. The van der Waals surface area contributed by atoms with Crippen LogP contribution in [0.4, 0.5) is 0 Å². The van der Waals surface area contributed by atoms with Gasteiger partial charge < -0.3 is 4.74 Å². The molecule has 7 nitrogen and oxygen atoms in total. The molecule has 2 aromatic heterocycles. The van der Waals surface area contributed by atoms with Crippen LogP contribution in [0.2, 0.25) is 0 Å². The van der Waals surface area contributed by atoms with Crippen molar-refractivity contribution in [1.29, 1.82) is 0 Å². The van der Waals surface area contributed by atoms with Crippen LogP contribution in [0.5, 0.6) is 0 Å². The maximum atomic E-state index is 6.17. The highest BCUT2D eigenvalue weighted by Gasteiger charge is 2.29. The first kappa shape index (κ1) is 62.6. The summed E-state index contributed by atoms with van der Waals surface area (Å²) in [5.74, 6) is 3.08. The lowest BCUT2D eigenvalue weighted by Crippen LogP contribution is -2.15. The molecule has 0 bridgehead atoms. The summed E-state index contributed by atoms with van der Waals surface area (Å²) in [7, 11) is 0. The number of nitrogens with zero attached hydrogens (tertiary/aromatic N) is 6. The number of hydrogen-bond donors (Lipinski definition) is 0. The van der Waals surface area contributed by atoms with Crippen molar-refractivity contribution in [3.05, 3.63) is 282 Å². The monoisotopic (exact) mass is 1090 g/mol. The van der Waals surface area contributed by atoms with Crippen molar-refractivity contribution in [2.45, 2.75) is 94.0 Å². The van der Waals surface area contributed by atoms with Crippen LogP contribution in [0, 0.1) is 12.8 Å². The van der Waals surface area contributed by atoms with Gasteiger partial charge in [-0.1, -0.05) is 213 Å². The van der Waals surface area contributed by atoms with Gasteiger partial charge in [0.1, 0.15) is 17.3 Å². The minimum Gasteiger partial charge on any atom is -0.458 e. The Morgan fingerprint density at radius 2 is 1.47 bits per heavy atom. The first-order valence-corrected chi connectivity index (χ1v) is 29.0. The highest BCUT2D eigenvalue weighted by molar-refractivity contribution is 6.16. The van der Waals surface area contributed by atoms with E-state index in [0.29, 0.717) is 43.4 Å². The second kappa shape index (κ2) is 32.6. The summed E-state index contributed by atoms with van der Waals surface area (Å²) in [6.45, 7) is 28.8. The van der Waals surface area contributed by atoms with E-state index in [1.165, 1.54) is 5.57 Å². The average Bonchev–Trinajstić information content (AvgIpc) is 1.89. The van der Waals surface area contributed by atoms with Crippen molar-refractivity contribution in [2.24, 2.45) is 20.0 Å². The Labute approximate surface area is 494 Å². The Kier molecular flexibility index (Phi) is 24.5. The number of fused-ring (bicyclic) bond motifs is 7. The van der Waals surface area contributed by atoms with Gasteiger partial charge in [-0.3, -0.25) is 9.13 Å². The summed E-state index contributed by atoms with van der Waals surface area (Å²) in [6, 6.07) is 25.9. The summed E-state index contributed by atoms with van der Waals surface area (Å²) < 4.78 is 10.7. The number of terminal acetylenes is 1. The van der Waals surface area contributed by atoms with Crippen molar-refractivity contribution in [3.8, 4) is 24.0 Å². The van der Waals surface area contributed by atoms with Gasteiger partial charge in [-0.15, -0.1) is 12.8 Å². The fraction of sp³-hybridized carbons (Fsp3) is 0.184. The van der Waals surface area contributed by atoms with E-state index in [-0.39, 0.29) is 0 Å². The molecule has 3 aromatic carbocycles. The van der Waals surface area contributed by atoms with Gasteiger partial charge in [-0.2, -0.15) is 4.99 Å². The molecule has 0 atom stereocenters. The third kappa shape index (κ3) is 15.0.